The number of hydrogen-bond acceptors (Lipinski definition) is 7. The maximum absolute atomic E-state index is 12.7. The molecule has 178 valence electrons. The third kappa shape index (κ3) is 5.36. The van der Waals surface area contributed by atoms with Gasteiger partial charge in [-0.1, -0.05) is 35.0 Å². The quantitative estimate of drug-likeness (QED) is 0.340. The van der Waals surface area contributed by atoms with Crippen molar-refractivity contribution < 1.29 is 9.53 Å². The standard InChI is InChI=1S/C23H23Cl2N5O2S2/c1-3-30-21(13(2)32-18-10-14(24)8-9-17(18)25)28-29-23(30)33-12-20(31)27-22-16(11-26)15-6-4-5-7-19(15)34-22/h8-10,13H,3-7,12H2,1-2H3,(H,27,31). The van der Waals surface area contributed by atoms with Gasteiger partial charge in [-0.3, -0.25) is 4.79 Å². The van der Waals surface area contributed by atoms with Gasteiger partial charge in [-0.25, -0.2) is 0 Å². The summed E-state index contributed by atoms with van der Waals surface area (Å²) >= 11 is 15.1. The molecular formula is C23H23Cl2N5O2S2. The molecule has 0 saturated carbocycles. The number of halogens is 2. The van der Waals surface area contributed by atoms with Crippen LogP contribution < -0.4 is 10.1 Å². The fraction of sp³-hybridized carbons (Fsp3) is 0.391. The predicted molar refractivity (Wildman–Crippen MR) is 136 cm³/mol. The molecule has 0 saturated heterocycles. The lowest BCUT2D eigenvalue weighted by atomic mass is 9.96. The Labute approximate surface area is 216 Å². The van der Waals surface area contributed by atoms with Crippen LogP contribution in [0.1, 0.15) is 54.6 Å². The Morgan fingerprint density at radius 2 is 2.15 bits per heavy atom. The lowest BCUT2D eigenvalue weighted by Crippen LogP contribution is -2.15. The Hall–Kier alpha value is -2.25. The average molecular weight is 537 g/mol. The second-order valence-corrected chi connectivity index (χ2v) is 10.7. The van der Waals surface area contributed by atoms with Crippen molar-refractivity contribution in [3.63, 3.8) is 0 Å². The third-order valence-corrected chi connectivity index (χ3v) is 8.21. The molecule has 7 nitrogen and oxygen atoms in total. The Morgan fingerprint density at radius 1 is 1.35 bits per heavy atom. The highest BCUT2D eigenvalue weighted by molar-refractivity contribution is 7.99. The van der Waals surface area contributed by atoms with E-state index in [0.29, 0.717) is 43.9 Å². The second-order valence-electron chi connectivity index (χ2n) is 7.78. The van der Waals surface area contributed by atoms with E-state index in [4.69, 9.17) is 27.9 Å². The van der Waals surface area contributed by atoms with Crippen molar-refractivity contribution >= 4 is 57.2 Å². The van der Waals surface area contributed by atoms with Gasteiger partial charge in [0.25, 0.3) is 0 Å². The summed E-state index contributed by atoms with van der Waals surface area (Å²) in [5.41, 5.74) is 1.72. The SMILES string of the molecule is CCn1c(SCC(=O)Nc2sc3c(c2C#N)CCCC3)nnc1C(C)Oc1cc(Cl)ccc1Cl. The highest BCUT2D eigenvalue weighted by Crippen LogP contribution is 2.38. The van der Waals surface area contributed by atoms with Crippen LogP contribution in [-0.4, -0.2) is 26.4 Å². The Kier molecular flexibility index (Phi) is 8.04. The van der Waals surface area contributed by atoms with Crippen molar-refractivity contribution in [3.05, 3.63) is 50.1 Å². The average Bonchev–Trinajstić information content (AvgIpc) is 3.40. The number of nitrogens with zero attached hydrogens (tertiary/aromatic N) is 4. The number of rotatable bonds is 8. The van der Waals surface area contributed by atoms with Gasteiger partial charge in [0.15, 0.2) is 17.1 Å². The molecule has 2 aromatic heterocycles. The molecule has 0 aliphatic heterocycles. The minimum absolute atomic E-state index is 0.154. The van der Waals surface area contributed by atoms with Crippen molar-refractivity contribution in [2.24, 2.45) is 0 Å². The minimum Gasteiger partial charge on any atom is -0.481 e. The van der Waals surface area contributed by atoms with Gasteiger partial charge in [-0.15, -0.1) is 21.5 Å². The topological polar surface area (TPSA) is 92.8 Å². The van der Waals surface area contributed by atoms with Gasteiger partial charge in [0.2, 0.25) is 5.91 Å². The maximum atomic E-state index is 12.7. The van der Waals surface area contributed by atoms with Gasteiger partial charge in [-0.2, -0.15) is 5.26 Å². The van der Waals surface area contributed by atoms with Crippen molar-refractivity contribution in [3.8, 4) is 11.8 Å². The Bertz CT molecular complexity index is 1250. The summed E-state index contributed by atoms with van der Waals surface area (Å²) in [6.45, 7) is 4.45. The number of thiophene rings is 1. The number of anilines is 1. The van der Waals surface area contributed by atoms with Gasteiger partial charge in [-0.05, 0) is 57.2 Å². The molecule has 1 aliphatic rings. The monoisotopic (exact) mass is 535 g/mol. The Morgan fingerprint density at radius 3 is 2.91 bits per heavy atom. The molecule has 34 heavy (non-hydrogen) atoms. The molecule has 2 heterocycles. The maximum Gasteiger partial charge on any atom is 0.235 e. The molecule has 3 aromatic rings. The summed E-state index contributed by atoms with van der Waals surface area (Å²) in [6.07, 6.45) is 3.66. The molecule has 1 amide bonds. The van der Waals surface area contributed by atoms with Gasteiger partial charge < -0.3 is 14.6 Å². The summed E-state index contributed by atoms with van der Waals surface area (Å²) in [5.74, 6) is 1.07. The lowest BCUT2D eigenvalue weighted by molar-refractivity contribution is -0.113. The third-order valence-electron chi connectivity index (χ3n) is 5.49. The summed E-state index contributed by atoms with van der Waals surface area (Å²) in [5, 5.41) is 23.3. The first-order valence-electron chi connectivity index (χ1n) is 10.9. The molecule has 0 spiro atoms. The summed E-state index contributed by atoms with van der Waals surface area (Å²) in [7, 11) is 0. The van der Waals surface area contributed by atoms with Gasteiger partial charge in [0.1, 0.15) is 16.8 Å². The number of carbonyl (C=O) groups excluding carboxylic acids is 1. The molecule has 1 aromatic carbocycles. The number of ether oxygens (including phenoxy) is 1. The molecular weight excluding hydrogens is 513 g/mol. The van der Waals surface area contributed by atoms with E-state index in [1.165, 1.54) is 28.0 Å². The van der Waals surface area contributed by atoms with E-state index in [1.54, 1.807) is 18.2 Å². The number of nitriles is 1. The smallest absolute Gasteiger partial charge is 0.235 e. The van der Waals surface area contributed by atoms with Gasteiger partial charge in [0.05, 0.1) is 16.3 Å². The molecule has 4 rings (SSSR count). The van der Waals surface area contributed by atoms with Crippen molar-refractivity contribution in [2.75, 3.05) is 11.1 Å². The number of amides is 1. The van der Waals surface area contributed by atoms with Crippen LogP contribution in [-0.2, 0) is 24.2 Å². The van der Waals surface area contributed by atoms with E-state index in [0.717, 1.165) is 31.2 Å². The number of thioether (sulfide) groups is 1. The summed E-state index contributed by atoms with van der Waals surface area (Å²) in [6, 6.07) is 7.31. The van der Waals surface area contributed by atoms with Crippen LogP contribution >= 0.6 is 46.3 Å². The number of aryl methyl sites for hydroxylation is 1. The van der Waals surface area contributed by atoms with Crippen LogP contribution in [0.5, 0.6) is 5.75 Å². The fourth-order valence-corrected chi connectivity index (χ4v) is 6.27. The van der Waals surface area contributed by atoms with E-state index >= 15 is 0 Å². The van der Waals surface area contributed by atoms with Crippen LogP contribution in [0.4, 0.5) is 5.00 Å². The number of nitrogens with one attached hydrogen (secondary N) is 1. The molecule has 1 aliphatic carbocycles. The number of benzene rings is 1. The fourth-order valence-electron chi connectivity index (χ4n) is 3.88. The van der Waals surface area contributed by atoms with E-state index in [-0.39, 0.29) is 11.7 Å². The number of fused-ring (bicyclic) bond motifs is 1. The zero-order chi connectivity index (χ0) is 24.2. The first-order chi connectivity index (χ1) is 16.4. The van der Waals surface area contributed by atoms with E-state index in [1.807, 2.05) is 18.4 Å². The molecule has 0 fully saturated rings. The van der Waals surface area contributed by atoms with Crippen molar-refractivity contribution in [1.82, 2.24) is 14.8 Å². The van der Waals surface area contributed by atoms with E-state index in [9.17, 15) is 10.1 Å². The predicted octanol–water partition coefficient (Wildman–Crippen LogP) is 6.29. The highest BCUT2D eigenvalue weighted by atomic mass is 35.5. The van der Waals surface area contributed by atoms with E-state index in [2.05, 4.69) is 21.6 Å². The van der Waals surface area contributed by atoms with Crippen molar-refractivity contribution in [1.29, 1.82) is 5.26 Å². The number of carbonyl (C=O) groups is 1. The van der Waals surface area contributed by atoms with Gasteiger partial charge >= 0.3 is 0 Å². The summed E-state index contributed by atoms with van der Waals surface area (Å²) in [4.78, 5) is 13.9. The van der Waals surface area contributed by atoms with Crippen LogP contribution in [0.2, 0.25) is 10.0 Å². The van der Waals surface area contributed by atoms with E-state index < -0.39 is 6.10 Å². The van der Waals surface area contributed by atoms with Gasteiger partial charge in [0, 0.05) is 22.5 Å². The largest absolute Gasteiger partial charge is 0.481 e. The zero-order valence-corrected chi connectivity index (χ0v) is 21.9. The first-order valence-corrected chi connectivity index (χ1v) is 13.5. The highest BCUT2D eigenvalue weighted by Gasteiger charge is 2.23. The molecule has 1 unspecified atom stereocenters. The second kappa shape index (κ2) is 11.0. The summed E-state index contributed by atoms with van der Waals surface area (Å²) < 4.78 is 7.89. The van der Waals surface area contributed by atoms with Crippen molar-refractivity contribution in [2.45, 2.75) is 57.3 Å². The number of aromatic nitrogens is 3. The lowest BCUT2D eigenvalue weighted by Gasteiger charge is -2.16. The molecule has 11 heteroatoms. The molecule has 0 bridgehead atoms. The van der Waals surface area contributed by atoms with Crippen LogP contribution in [0, 0.1) is 11.3 Å². The minimum atomic E-state index is -0.429. The zero-order valence-electron chi connectivity index (χ0n) is 18.7. The Balaban J connectivity index is 1.42. The molecule has 1 N–H and O–H groups in total. The number of hydrogen-bond donors (Lipinski definition) is 1. The molecule has 0 radical (unpaired) electrons. The molecule has 1 atom stereocenters. The normalized spacial score (nSPS) is 13.7. The van der Waals surface area contributed by atoms with Crippen LogP contribution in [0.25, 0.3) is 0 Å². The van der Waals surface area contributed by atoms with Crippen LogP contribution in [0.3, 0.4) is 0 Å². The van der Waals surface area contributed by atoms with Crippen LogP contribution in [0.15, 0.2) is 23.4 Å². The first kappa shape index (κ1) is 24.9.